The van der Waals surface area contributed by atoms with Gasteiger partial charge in [-0.2, -0.15) is 0 Å². The number of aryl methyl sites for hydroxylation is 2. The molecule has 10 heavy (non-hydrogen) atoms. The third kappa shape index (κ3) is 1.48. The van der Waals surface area contributed by atoms with Crippen LogP contribution in [0.5, 0.6) is 0 Å². The second-order valence-electron chi connectivity index (χ2n) is 2.26. The van der Waals surface area contributed by atoms with Gasteiger partial charge in [0.2, 0.25) is 0 Å². The second-order valence-corrected chi connectivity index (χ2v) is 2.62. The van der Waals surface area contributed by atoms with Crippen molar-refractivity contribution in [1.29, 1.82) is 0 Å². The standard InChI is InChI=1S/C8H10ClN/c1-3-7-5-4-6(2)8(9)10-7/h4-5H,3H2,1-2H3. The average Bonchev–Trinajstić information content (AvgIpc) is 1.95. The highest BCUT2D eigenvalue weighted by molar-refractivity contribution is 6.30. The van der Waals surface area contributed by atoms with Crippen LogP contribution in [0, 0.1) is 6.92 Å². The van der Waals surface area contributed by atoms with Crippen LogP contribution in [0.2, 0.25) is 5.15 Å². The minimum atomic E-state index is 0.624. The normalized spacial score (nSPS) is 9.90. The number of hydrogen-bond donors (Lipinski definition) is 0. The molecule has 1 aromatic heterocycles. The Labute approximate surface area is 66.0 Å². The van der Waals surface area contributed by atoms with Crippen LogP contribution >= 0.6 is 11.6 Å². The van der Waals surface area contributed by atoms with E-state index in [0.29, 0.717) is 5.15 Å². The lowest BCUT2D eigenvalue weighted by Gasteiger charge is -1.98. The predicted molar refractivity (Wildman–Crippen MR) is 43.4 cm³/mol. The molecule has 0 fully saturated rings. The zero-order chi connectivity index (χ0) is 7.56. The molecule has 2 heteroatoms. The second kappa shape index (κ2) is 3.02. The summed E-state index contributed by atoms with van der Waals surface area (Å²) in [4.78, 5) is 4.16. The summed E-state index contributed by atoms with van der Waals surface area (Å²) in [7, 11) is 0. The van der Waals surface area contributed by atoms with E-state index in [1.165, 1.54) is 0 Å². The van der Waals surface area contributed by atoms with Gasteiger partial charge in [-0.05, 0) is 25.0 Å². The molecule has 0 aliphatic rings. The van der Waals surface area contributed by atoms with Gasteiger partial charge in [0.15, 0.2) is 0 Å². The van der Waals surface area contributed by atoms with Crippen LogP contribution in [0.4, 0.5) is 0 Å². The summed E-state index contributed by atoms with van der Waals surface area (Å²) in [5.41, 5.74) is 2.09. The molecule has 0 spiro atoms. The van der Waals surface area contributed by atoms with E-state index in [4.69, 9.17) is 11.6 Å². The third-order valence-corrected chi connectivity index (χ3v) is 1.84. The Morgan fingerprint density at radius 3 is 2.70 bits per heavy atom. The maximum atomic E-state index is 5.78. The van der Waals surface area contributed by atoms with Gasteiger partial charge in [0.05, 0.1) is 0 Å². The van der Waals surface area contributed by atoms with E-state index in [9.17, 15) is 0 Å². The highest BCUT2D eigenvalue weighted by atomic mass is 35.5. The molecule has 0 saturated heterocycles. The maximum Gasteiger partial charge on any atom is 0.132 e. The molecule has 0 atom stereocenters. The number of rotatable bonds is 1. The Balaban J connectivity index is 3.04. The quantitative estimate of drug-likeness (QED) is 0.569. The first-order valence-electron chi connectivity index (χ1n) is 3.36. The number of aromatic nitrogens is 1. The molecule has 1 aromatic rings. The largest absolute Gasteiger partial charge is 0.241 e. The summed E-state index contributed by atoms with van der Waals surface area (Å²) in [6.07, 6.45) is 0.944. The highest BCUT2D eigenvalue weighted by Crippen LogP contribution is 2.11. The third-order valence-electron chi connectivity index (χ3n) is 1.46. The summed E-state index contributed by atoms with van der Waals surface area (Å²) < 4.78 is 0. The van der Waals surface area contributed by atoms with Crippen LogP contribution in [0.3, 0.4) is 0 Å². The molecule has 1 rings (SSSR count). The fraction of sp³-hybridized carbons (Fsp3) is 0.375. The summed E-state index contributed by atoms with van der Waals surface area (Å²) in [6.45, 7) is 4.02. The monoisotopic (exact) mass is 155 g/mol. The molecule has 0 radical (unpaired) electrons. The van der Waals surface area contributed by atoms with Crippen LogP contribution in [0.15, 0.2) is 12.1 Å². The Hall–Kier alpha value is -0.560. The van der Waals surface area contributed by atoms with Crippen molar-refractivity contribution in [1.82, 2.24) is 4.98 Å². The lowest BCUT2D eigenvalue weighted by molar-refractivity contribution is 1.03. The van der Waals surface area contributed by atoms with E-state index < -0.39 is 0 Å². The van der Waals surface area contributed by atoms with Crippen molar-refractivity contribution in [3.05, 3.63) is 28.5 Å². The van der Waals surface area contributed by atoms with Crippen molar-refractivity contribution in [3.8, 4) is 0 Å². The van der Waals surface area contributed by atoms with E-state index in [0.717, 1.165) is 17.7 Å². The summed E-state index contributed by atoms with van der Waals surface area (Å²) in [6, 6.07) is 4.00. The number of pyridine rings is 1. The minimum Gasteiger partial charge on any atom is -0.241 e. The summed E-state index contributed by atoms with van der Waals surface area (Å²) >= 11 is 5.78. The van der Waals surface area contributed by atoms with Gasteiger partial charge < -0.3 is 0 Å². The Kier molecular flexibility index (Phi) is 2.28. The first-order valence-corrected chi connectivity index (χ1v) is 3.74. The van der Waals surface area contributed by atoms with Crippen LogP contribution < -0.4 is 0 Å². The first-order chi connectivity index (χ1) is 4.74. The molecule has 0 saturated carbocycles. The molecule has 0 unspecified atom stereocenters. The SMILES string of the molecule is CCc1ccc(C)c(Cl)n1. The van der Waals surface area contributed by atoms with Crippen molar-refractivity contribution in [2.75, 3.05) is 0 Å². The molecule has 0 aromatic carbocycles. The Morgan fingerprint density at radius 2 is 2.20 bits per heavy atom. The average molecular weight is 156 g/mol. The molecule has 1 nitrogen and oxygen atoms in total. The lowest BCUT2D eigenvalue weighted by Crippen LogP contribution is -1.88. The van der Waals surface area contributed by atoms with Gasteiger partial charge in [0, 0.05) is 5.69 Å². The Morgan fingerprint density at radius 1 is 1.50 bits per heavy atom. The van der Waals surface area contributed by atoms with Gasteiger partial charge in [0.1, 0.15) is 5.15 Å². The van der Waals surface area contributed by atoms with Gasteiger partial charge in [0.25, 0.3) is 0 Å². The fourth-order valence-corrected chi connectivity index (χ4v) is 0.910. The minimum absolute atomic E-state index is 0.624. The van der Waals surface area contributed by atoms with E-state index in [1.54, 1.807) is 0 Å². The van der Waals surface area contributed by atoms with Crippen LogP contribution in [-0.2, 0) is 6.42 Å². The Bertz CT molecular complexity index is 233. The van der Waals surface area contributed by atoms with Crippen molar-refractivity contribution in [2.45, 2.75) is 20.3 Å². The number of hydrogen-bond acceptors (Lipinski definition) is 1. The first kappa shape index (κ1) is 7.55. The molecule has 0 aliphatic heterocycles. The van der Waals surface area contributed by atoms with Crippen LogP contribution in [0.25, 0.3) is 0 Å². The van der Waals surface area contributed by atoms with E-state index >= 15 is 0 Å². The van der Waals surface area contributed by atoms with Crippen molar-refractivity contribution in [2.24, 2.45) is 0 Å². The van der Waals surface area contributed by atoms with E-state index in [2.05, 4.69) is 11.9 Å². The molecular formula is C8H10ClN. The molecule has 0 aliphatic carbocycles. The summed E-state index contributed by atoms with van der Waals surface area (Å²) in [5.74, 6) is 0. The van der Waals surface area contributed by atoms with Crippen molar-refractivity contribution in [3.63, 3.8) is 0 Å². The molecule has 1 heterocycles. The maximum absolute atomic E-state index is 5.78. The molecular weight excluding hydrogens is 146 g/mol. The van der Waals surface area contributed by atoms with Gasteiger partial charge in [-0.1, -0.05) is 24.6 Å². The smallest absolute Gasteiger partial charge is 0.132 e. The molecule has 0 N–H and O–H groups in total. The van der Waals surface area contributed by atoms with Crippen LogP contribution in [0.1, 0.15) is 18.2 Å². The van der Waals surface area contributed by atoms with E-state index in [-0.39, 0.29) is 0 Å². The van der Waals surface area contributed by atoms with Gasteiger partial charge in [-0.15, -0.1) is 0 Å². The van der Waals surface area contributed by atoms with E-state index in [1.807, 2.05) is 19.1 Å². The van der Waals surface area contributed by atoms with Gasteiger partial charge in [-0.3, -0.25) is 0 Å². The van der Waals surface area contributed by atoms with Crippen LogP contribution in [-0.4, -0.2) is 4.98 Å². The topological polar surface area (TPSA) is 12.9 Å². The predicted octanol–water partition coefficient (Wildman–Crippen LogP) is 2.61. The fourth-order valence-electron chi connectivity index (χ4n) is 0.738. The van der Waals surface area contributed by atoms with Gasteiger partial charge >= 0.3 is 0 Å². The lowest BCUT2D eigenvalue weighted by atomic mass is 10.2. The van der Waals surface area contributed by atoms with Gasteiger partial charge in [-0.25, -0.2) is 4.98 Å². The van der Waals surface area contributed by atoms with Crippen molar-refractivity contribution >= 4 is 11.6 Å². The number of nitrogens with zero attached hydrogens (tertiary/aromatic N) is 1. The molecule has 54 valence electrons. The van der Waals surface area contributed by atoms with Crippen molar-refractivity contribution < 1.29 is 0 Å². The molecule has 0 amide bonds. The highest BCUT2D eigenvalue weighted by Gasteiger charge is 1.95. The zero-order valence-electron chi connectivity index (χ0n) is 6.19. The zero-order valence-corrected chi connectivity index (χ0v) is 6.94. The summed E-state index contributed by atoms with van der Waals surface area (Å²) in [5, 5.41) is 0.624. The number of halogens is 1. The molecule has 0 bridgehead atoms.